The summed E-state index contributed by atoms with van der Waals surface area (Å²) in [6.45, 7) is 3.62. The van der Waals surface area contributed by atoms with E-state index in [1.165, 1.54) is 0 Å². The number of rotatable bonds is 6. The number of aromatic nitrogens is 2. The Morgan fingerprint density at radius 3 is 3.05 bits per heavy atom. The first kappa shape index (κ1) is 13.9. The van der Waals surface area contributed by atoms with Crippen molar-refractivity contribution in [2.45, 2.75) is 25.6 Å². The molecular formula is C15H19N3O3. The number of imidazole rings is 1. The normalized spacial score (nSPS) is 15.9. The first-order valence-electron chi connectivity index (χ1n) is 6.99. The van der Waals surface area contributed by atoms with E-state index in [1.54, 1.807) is 12.5 Å². The Morgan fingerprint density at radius 1 is 1.38 bits per heavy atom. The van der Waals surface area contributed by atoms with Crippen molar-refractivity contribution in [3.63, 3.8) is 0 Å². The van der Waals surface area contributed by atoms with Crippen LogP contribution in [0.1, 0.15) is 18.6 Å². The van der Waals surface area contributed by atoms with Crippen molar-refractivity contribution in [2.24, 2.45) is 0 Å². The van der Waals surface area contributed by atoms with Crippen LogP contribution in [0, 0.1) is 0 Å². The van der Waals surface area contributed by atoms with Crippen LogP contribution in [0.5, 0.6) is 11.5 Å². The fraction of sp³-hybridized carbons (Fsp3) is 0.400. The highest BCUT2D eigenvalue weighted by atomic mass is 16.7. The smallest absolute Gasteiger partial charge is 0.231 e. The van der Waals surface area contributed by atoms with Gasteiger partial charge in [-0.25, -0.2) is 4.98 Å². The summed E-state index contributed by atoms with van der Waals surface area (Å²) in [5.74, 6) is 1.42. The molecule has 2 atom stereocenters. The van der Waals surface area contributed by atoms with Crippen LogP contribution in [0.15, 0.2) is 36.9 Å². The minimum Gasteiger partial charge on any atom is -0.454 e. The highest BCUT2D eigenvalue weighted by molar-refractivity contribution is 5.45. The van der Waals surface area contributed by atoms with Gasteiger partial charge >= 0.3 is 0 Å². The lowest BCUT2D eigenvalue weighted by atomic mass is 10.1. The Hall–Kier alpha value is -2.05. The average Bonchev–Trinajstić information content (AvgIpc) is 3.14. The van der Waals surface area contributed by atoms with Gasteiger partial charge in [-0.05, 0) is 24.6 Å². The van der Waals surface area contributed by atoms with Gasteiger partial charge in [0.05, 0.1) is 12.4 Å². The molecule has 6 heteroatoms. The van der Waals surface area contributed by atoms with Crippen molar-refractivity contribution in [1.29, 1.82) is 0 Å². The summed E-state index contributed by atoms with van der Waals surface area (Å²) >= 11 is 0. The maximum absolute atomic E-state index is 10.2. The van der Waals surface area contributed by atoms with Crippen LogP contribution in [0.25, 0.3) is 0 Å². The predicted molar refractivity (Wildman–Crippen MR) is 77.2 cm³/mol. The lowest BCUT2D eigenvalue weighted by Crippen LogP contribution is -2.33. The summed E-state index contributed by atoms with van der Waals surface area (Å²) in [7, 11) is 0. The Kier molecular flexibility index (Phi) is 4.08. The van der Waals surface area contributed by atoms with Crippen molar-refractivity contribution < 1.29 is 14.6 Å². The van der Waals surface area contributed by atoms with Crippen LogP contribution in [-0.4, -0.2) is 34.0 Å². The fourth-order valence-corrected chi connectivity index (χ4v) is 2.33. The highest BCUT2D eigenvalue weighted by Crippen LogP contribution is 2.34. The monoisotopic (exact) mass is 289 g/mol. The number of fused-ring (bicyclic) bond motifs is 1. The molecule has 0 aliphatic carbocycles. The van der Waals surface area contributed by atoms with Crippen molar-refractivity contribution in [1.82, 2.24) is 14.9 Å². The first-order valence-corrected chi connectivity index (χ1v) is 6.99. The van der Waals surface area contributed by atoms with E-state index in [2.05, 4.69) is 17.2 Å². The van der Waals surface area contributed by atoms with Gasteiger partial charge < -0.3 is 24.5 Å². The van der Waals surface area contributed by atoms with Crippen molar-refractivity contribution in [2.75, 3.05) is 13.3 Å². The van der Waals surface area contributed by atoms with Gasteiger partial charge in [0.15, 0.2) is 11.5 Å². The van der Waals surface area contributed by atoms with E-state index in [4.69, 9.17) is 9.47 Å². The van der Waals surface area contributed by atoms with E-state index in [1.807, 2.05) is 29.0 Å². The second-order valence-electron chi connectivity index (χ2n) is 5.20. The van der Waals surface area contributed by atoms with E-state index >= 15 is 0 Å². The number of nitrogens with zero attached hydrogens (tertiary/aromatic N) is 2. The molecule has 21 heavy (non-hydrogen) atoms. The molecule has 6 nitrogen and oxygen atoms in total. The van der Waals surface area contributed by atoms with E-state index in [0.29, 0.717) is 12.3 Å². The minimum absolute atomic E-state index is 0.239. The van der Waals surface area contributed by atoms with Crippen LogP contribution in [0.2, 0.25) is 0 Å². The third-order valence-electron chi connectivity index (χ3n) is 3.48. The first-order chi connectivity index (χ1) is 10.2. The molecule has 1 aliphatic rings. The zero-order valence-electron chi connectivity index (χ0n) is 11.9. The van der Waals surface area contributed by atoms with Gasteiger partial charge in [0.2, 0.25) is 6.79 Å². The Morgan fingerprint density at radius 2 is 2.24 bits per heavy atom. The molecule has 1 aromatic carbocycles. The van der Waals surface area contributed by atoms with E-state index in [0.717, 1.165) is 17.9 Å². The lowest BCUT2D eigenvalue weighted by Gasteiger charge is -2.18. The van der Waals surface area contributed by atoms with Gasteiger partial charge in [0.1, 0.15) is 0 Å². The summed E-state index contributed by atoms with van der Waals surface area (Å²) in [4.78, 5) is 4.01. The van der Waals surface area contributed by atoms with Crippen LogP contribution < -0.4 is 14.8 Å². The van der Waals surface area contributed by atoms with Crippen molar-refractivity contribution in [3.05, 3.63) is 42.5 Å². The largest absolute Gasteiger partial charge is 0.454 e. The van der Waals surface area contributed by atoms with E-state index in [-0.39, 0.29) is 12.8 Å². The van der Waals surface area contributed by atoms with Crippen LogP contribution >= 0.6 is 0 Å². The zero-order valence-corrected chi connectivity index (χ0v) is 11.9. The maximum atomic E-state index is 10.2. The summed E-state index contributed by atoms with van der Waals surface area (Å²) in [5, 5.41) is 13.6. The molecule has 112 valence electrons. The average molecular weight is 289 g/mol. The molecule has 0 radical (unpaired) electrons. The van der Waals surface area contributed by atoms with E-state index < -0.39 is 6.10 Å². The highest BCUT2D eigenvalue weighted by Gasteiger charge is 2.17. The fourth-order valence-electron chi connectivity index (χ4n) is 2.33. The minimum atomic E-state index is -0.579. The van der Waals surface area contributed by atoms with Crippen molar-refractivity contribution >= 4 is 0 Å². The topological polar surface area (TPSA) is 68.5 Å². The zero-order chi connectivity index (χ0) is 14.7. The molecule has 0 amide bonds. The standard InChI is InChI=1S/C15H19N3O3/c1-11(8-18-5-4-16-9-18)17-7-13(19)12-2-3-14-15(6-12)21-10-20-14/h2-6,9,11,13,17,19H,7-8,10H2,1H3. The third kappa shape index (κ3) is 3.34. The quantitative estimate of drug-likeness (QED) is 0.839. The summed E-state index contributed by atoms with van der Waals surface area (Å²) < 4.78 is 12.6. The molecule has 3 rings (SSSR count). The number of benzene rings is 1. The summed E-state index contributed by atoms with van der Waals surface area (Å²) in [5.41, 5.74) is 0.821. The molecule has 1 aromatic heterocycles. The van der Waals surface area contributed by atoms with Gasteiger partial charge in [0, 0.05) is 31.5 Å². The Bertz CT molecular complexity index is 586. The third-order valence-corrected chi connectivity index (χ3v) is 3.48. The van der Waals surface area contributed by atoms with Crippen LogP contribution in [0.3, 0.4) is 0 Å². The maximum Gasteiger partial charge on any atom is 0.231 e. The molecule has 0 saturated carbocycles. The van der Waals surface area contributed by atoms with Gasteiger partial charge in [-0.15, -0.1) is 0 Å². The van der Waals surface area contributed by atoms with Crippen LogP contribution in [-0.2, 0) is 6.54 Å². The van der Waals surface area contributed by atoms with Crippen molar-refractivity contribution in [3.8, 4) is 11.5 Å². The molecule has 2 N–H and O–H groups in total. The number of nitrogens with one attached hydrogen (secondary N) is 1. The Labute approximate surface area is 123 Å². The second-order valence-corrected chi connectivity index (χ2v) is 5.20. The molecule has 2 aromatic rings. The van der Waals surface area contributed by atoms with Gasteiger partial charge in [0.25, 0.3) is 0 Å². The molecule has 2 unspecified atom stereocenters. The summed E-state index contributed by atoms with van der Waals surface area (Å²) in [6.07, 6.45) is 4.89. The van der Waals surface area contributed by atoms with E-state index in [9.17, 15) is 5.11 Å². The number of hydrogen-bond acceptors (Lipinski definition) is 5. The SMILES string of the molecule is CC(Cn1ccnc1)NCC(O)c1ccc2c(c1)OCO2. The Balaban J connectivity index is 1.53. The van der Waals surface area contributed by atoms with Gasteiger partial charge in [-0.3, -0.25) is 0 Å². The predicted octanol–water partition coefficient (Wildman–Crippen LogP) is 1.32. The molecule has 0 bridgehead atoms. The molecular weight excluding hydrogens is 270 g/mol. The number of aliphatic hydroxyl groups is 1. The van der Waals surface area contributed by atoms with Gasteiger partial charge in [-0.1, -0.05) is 6.07 Å². The molecule has 2 heterocycles. The summed E-state index contributed by atoms with van der Waals surface area (Å²) in [6, 6.07) is 5.76. The number of hydrogen-bond donors (Lipinski definition) is 2. The van der Waals surface area contributed by atoms with Gasteiger partial charge in [-0.2, -0.15) is 0 Å². The molecule has 1 aliphatic heterocycles. The molecule has 0 fully saturated rings. The van der Waals surface area contributed by atoms with Crippen LogP contribution in [0.4, 0.5) is 0 Å². The lowest BCUT2D eigenvalue weighted by molar-refractivity contribution is 0.167. The number of aliphatic hydroxyl groups excluding tert-OH is 1. The molecule has 0 spiro atoms. The number of ether oxygens (including phenoxy) is 2. The molecule has 0 saturated heterocycles. The second kappa shape index (κ2) is 6.15.